The molecule has 4 rings (SSSR count). The van der Waals surface area contributed by atoms with Crippen LogP contribution in [-0.4, -0.2) is 66.2 Å². The molecule has 37 heavy (non-hydrogen) atoms. The van der Waals surface area contributed by atoms with Crippen LogP contribution in [0, 0.1) is 5.92 Å². The molecule has 1 saturated heterocycles. The van der Waals surface area contributed by atoms with Gasteiger partial charge >= 0.3 is 6.18 Å². The Balaban J connectivity index is 1.41. The molecule has 0 radical (unpaired) electrons. The fraction of sp³-hybridized carbons (Fsp3) is 0.593. The third kappa shape index (κ3) is 6.12. The largest absolute Gasteiger partial charge is 0.487 e. The topological polar surface area (TPSA) is 79.7 Å². The predicted molar refractivity (Wildman–Crippen MR) is 136 cm³/mol. The Labute approximate surface area is 216 Å². The molecule has 204 valence electrons. The minimum absolute atomic E-state index is 0.0737. The number of fused-ring (bicyclic) bond motifs is 1. The second-order valence-electron chi connectivity index (χ2n) is 11.0. The number of ether oxygens (including phenoxy) is 1. The molecule has 1 aromatic heterocycles. The van der Waals surface area contributed by atoms with Crippen LogP contribution in [-0.2, 0) is 22.0 Å². The zero-order valence-electron chi connectivity index (χ0n) is 21.5. The van der Waals surface area contributed by atoms with Crippen LogP contribution in [0.4, 0.5) is 13.2 Å². The maximum Gasteiger partial charge on any atom is 0.406 e. The molecular weight excluding hydrogens is 505 g/mol. The molecule has 1 fully saturated rings. The molecule has 1 aromatic carbocycles. The van der Waals surface area contributed by atoms with E-state index >= 15 is 0 Å². The maximum absolute atomic E-state index is 13.5. The number of rotatable bonds is 7. The zero-order chi connectivity index (χ0) is 27.1. The molecule has 1 atom stereocenters. The summed E-state index contributed by atoms with van der Waals surface area (Å²) in [7, 11) is -3.34. The molecule has 2 aliphatic heterocycles. The van der Waals surface area contributed by atoms with E-state index in [4.69, 9.17) is 9.84 Å². The minimum Gasteiger partial charge on any atom is -0.487 e. The van der Waals surface area contributed by atoms with Crippen molar-refractivity contribution < 1.29 is 31.4 Å². The van der Waals surface area contributed by atoms with Crippen molar-refractivity contribution in [2.75, 3.05) is 25.4 Å². The molecule has 0 unspecified atom stereocenters. The van der Waals surface area contributed by atoms with Crippen molar-refractivity contribution in [1.82, 2.24) is 9.88 Å². The van der Waals surface area contributed by atoms with E-state index in [1.54, 1.807) is 25.3 Å². The van der Waals surface area contributed by atoms with Gasteiger partial charge in [-0.15, -0.1) is 0 Å². The van der Waals surface area contributed by atoms with E-state index in [1.807, 2.05) is 18.2 Å². The van der Waals surface area contributed by atoms with Gasteiger partial charge in [-0.1, -0.05) is 13.0 Å². The van der Waals surface area contributed by atoms with Crippen LogP contribution in [0.25, 0.3) is 11.3 Å². The van der Waals surface area contributed by atoms with Crippen molar-refractivity contribution in [2.24, 2.45) is 5.92 Å². The number of hydrogen-bond acceptors (Lipinski definition) is 6. The van der Waals surface area contributed by atoms with Crippen molar-refractivity contribution in [3.05, 3.63) is 47.7 Å². The number of piperidine rings is 1. The van der Waals surface area contributed by atoms with Gasteiger partial charge in [0, 0.05) is 31.5 Å². The number of pyridine rings is 1. The molecule has 0 amide bonds. The average molecular weight is 541 g/mol. The summed E-state index contributed by atoms with van der Waals surface area (Å²) in [5, 5.41) is 9.12. The van der Waals surface area contributed by atoms with E-state index in [1.165, 1.54) is 18.7 Å². The van der Waals surface area contributed by atoms with Crippen LogP contribution in [0.5, 0.6) is 5.75 Å². The van der Waals surface area contributed by atoms with Gasteiger partial charge in [-0.2, -0.15) is 13.2 Å². The lowest BCUT2D eigenvalue weighted by atomic mass is 9.81. The number of sulfone groups is 1. The quantitative estimate of drug-likeness (QED) is 0.544. The number of alkyl halides is 3. The van der Waals surface area contributed by atoms with E-state index in [0.717, 1.165) is 35.4 Å². The predicted octanol–water partition coefficient (Wildman–Crippen LogP) is 4.79. The fourth-order valence-electron chi connectivity index (χ4n) is 5.16. The Kier molecular flexibility index (Phi) is 7.67. The molecule has 0 bridgehead atoms. The van der Waals surface area contributed by atoms with Crippen molar-refractivity contribution in [1.29, 1.82) is 0 Å². The highest BCUT2D eigenvalue weighted by atomic mass is 32.2. The van der Waals surface area contributed by atoms with E-state index in [2.05, 4.69) is 4.98 Å². The van der Waals surface area contributed by atoms with Crippen molar-refractivity contribution in [2.45, 2.75) is 69.5 Å². The number of hydrogen-bond donors (Lipinski definition) is 1. The second kappa shape index (κ2) is 10.2. The van der Waals surface area contributed by atoms with Crippen LogP contribution in [0.15, 0.2) is 36.5 Å². The highest BCUT2D eigenvalue weighted by Crippen LogP contribution is 2.43. The van der Waals surface area contributed by atoms with Gasteiger partial charge in [-0.05, 0) is 80.8 Å². The Morgan fingerprint density at radius 1 is 1.14 bits per heavy atom. The molecule has 3 heterocycles. The summed E-state index contributed by atoms with van der Waals surface area (Å²) in [6, 6.07) is 9.37. The summed E-state index contributed by atoms with van der Waals surface area (Å²) in [6.07, 6.45) is -0.0938. The van der Waals surface area contributed by atoms with Crippen LogP contribution in [0.2, 0.25) is 0 Å². The molecule has 2 aliphatic rings. The minimum atomic E-state index is -4.28. The third-order valence-electron chi connectivity index (χ3n) is 7.75. The van der Waals surface area contributed by atoms with Crippen molar-refractivity contribution in [3.63, 3.8) is 0 Å². The lowest BCUT2D eigenvalue weighted by molar-refractivity contribution is -0.227. The number of nitrogens with zero attached hydrogens (tertiary/aromatic N) is 2. The first-order chi connectivity index (χ1) is 17.2. The van der Waals surface area contributed by atoms with Gasteiger partial charge < -0.3 is 9.84 Å². The SMILES string of the molecule is C[C@H](CO)CS(=O)(=O)Cc1ccc(-c2ccc3c(c2)CCC2(CCN(C(C)(C)C(F)(F)F)CC2)O3)nc1. The van der Waals surface area contributed by atoms with Gasteiger partial charge in [0.15, 0.2) is 9.84 Å². The summed E-state index contributed by atoms with van der Waals surface area (Å²) in [4.78, 5) is 5.97. The molecule has 1 spiro atoms. The van der Waals surface area contributed by atoms with Crippen LogP contribution >= 0.6 is 0 Å². The summed E-state index contributed by atoms with van der Waals surface area (Å²) < 4.78 is 71.4. The highest BCUT2D eigenvalue weighted by molar-refractivity contribution is 7.90. The Morgan fingerprint density at radius 3 is 2.43 bits per heavy atom. The van der Waals surface area contributed by atoms with E-state index in [9.17, 15) is 21.6 Å². The van der Waals surface area contributed by atoms with E-state index in [0.29, 0.717) is 31.5 Å². The molecule has 6 nitrogen and oxygen atoms in total. The summed E-state index contributed by atoms with van der Waals surface area (Å²) in [6.45, 7) is 4.67. The average Bonchev–Trinajstić information content (AvgIpc) is 2.83. The lowest BCUT2D eigenvalue weighted by Crippen LogP contribution is -2.60. The normalized spacial score (nSPS) is 19.3. The number of aryl methyl sites for hydroxylation is 1. The second-order valence-corrected chi connectivity index (χ2v) is 13.2. The van der Waals surface area contributed by atoms with Crippen LogP contribution < -0.4 is 4.74 Å². The smallest absolute Gasteiger partial charge is 0.406 e. The molecule has 0 saturated carbocycles. The first-order valence-corrected chi connectivity index (χ1v) is 14.5. The molecule has 0 aliphatic carbocycles. The summed E-state index contributed by atoms with van der Waals surface area (Å²) in [5.74, 6) is 0.255. The van der Waals surface area contributed by atoms with Crippen LogP contribution in [0.1, 0.15) is 51.2 Å². The Hall–Kier alpha value is -2.17. The molecular formula is C27H35F3N2O4S. The Bertz CT molecular complexity index is 1210. The first kappa shape index (κ1) is 27.9. The zero-order valence-corrected chi connectivity index (χ0v) is 22.3. The number of aromatic nitrogens is 1. The highest BCUT2D eigenvalue weighted by Gasteiger charge is 2.53. The van der Waals surface area contributed by atoms with E-state index in [-0.39, 0.29) is 24.0 Å². The number of benzene rings is 1. The maximum atomic E-state index is 13.5. The van der Waals surface area contributed by atoms with Gasteiger partial charge in [0.05, 0.1) is 17.2 Å². The van der Waals surface area contributed by atoms with Gasteiger partial charge in [-0.3, -0.25) is 9.88 Å². The monoisotopic (exact) mass is 540 g/mol. The van der Waals surface area contributed by atoms with Gasteiger partial charge in [0.2, 0.25) is 0 Å². The molecule has 2 aromatic rings. The molecule has 1 N–H and O–H groups in total. The summed E-state index contributed by atoms with van der Waals surface area (Å²) >= 11 is 0. The third-order valence-corrected chi connectivity index (χ3v) is 9.60. The van der Waals surface area contributed by atoms with Crippen molar-refractivity contribution in [3.8, 4) is 17.0 Å². The number of aliphatic hydroxyl groups is 1. The molecule has 10 heteroatoms. The standard InChI is InChI=1S/C27H35F3N2O4S/c1-19(16-33)17-37(34,35)18-20-4-6-23(31-15-20)21-5-7-24-22(14-21)8-9-26(36-24)10-12-32(13-11-26)25(2,3)27(28,29)30/h4-7,14-15,19,33H,8-13,16-18H2,1-3H3/t19-/m1/s1. The Morgan fingerprint density at radius 2 is 1.84 bits per heavy atom. The number of halogens is 3. The fourth-order valence-corrected chi connectivity index (χ4v) is 6.93. The lowest BCUT2D eigenvalue weighted by Gasteiger charge is -2.49. The number of aliphatic hydroxyl groups excluding tert-OH is 1. The van der Waals surface area contributed by atoms with E-state index < -0.39 is 27.2 Å². The number of likely N-dealkylation sites (tertiary alicyclic amines) is 1. The first-order valence-electron chi connectivity index (χ1n) is 12.6. The summed E-state index contributed by atoms with van der Waals surface area (Å²) in [5.41, 5.74) is 0.940. The van der Waals surface area contributed by atoms with Crippen LogP contribution in [0.3, 0.4) is 0 Å². The van der Waals surface area contributed by atoms with Gasteiger partial charge in [-0.25, -0.2) is 8.42 Å². The van der Waals surface area contributed by atoms with Crippen molar-refractivity contribution >= 4 is 9.84 Å². The van der Waals surface area contributed by atoms with Gasteiger partial charge in [0.25, 0.3) is 0 Å². The van der Waals surface area contributed by atoms with Gasteiger partial charge in [0.1, 0.15) is 16.9 Å².